The van der Waals surface area contributed by atoms with Gasteiger partial charge in [-0.05, 0) is 30.7 Å². The Kier molecular flexibility index (Phi) is 4.12. The van der Waals surface area contributed by atoms with Gasteiger partial charge in [0, 0.05) is 11.9 Å². The number of phenols is 1. The summed E-state index contributed by atoms with van der Waals surface area (Å²) in [6.45, 7) is 2.24. The fraction of sp³-hybridized carbons (Fsp3) is 0.214. The predicted octanol–water partition coefficient (Wildman–Crippen LogP) is 3.69. The van der Waals surface area contributed by atoms with Gasteiger partial charge in [0.25, 0.3) is 5.91 Å². The van der Waals surface area contributed by atoms with Crippen LogP contribution >= 0.6 is 22.9 Å². The molecular formula is C14H14ClNO2S. The molecule has 0 radical (unpaired) electrons. The third-order valence-corrected chi connectivity index (χ3v) is 4.05. The molecule has 2 aromatic rings. The van der Waals surface area contributed by atoms with Crippen LogP contribution in [0.5, 0.6) is 5.75 Å². The lowest BCUT2D eigenvalue weighted by molar-refractivity contribution is 0.0783. The van der Waals surface area contributed by atoms with Crippen molar-refractivity contribution in [3.63, 3.8) is 0 Å². The second-order valence-electron chi connectivity index (χ2n) is 4.34. The fourth-order valence-corrected chi connectivity index (χ4v) is 2.92. The first-order valence-corrected chi connectivity index (χ1v) is 6.96. The number of benzene rings is 1. The van der Waals surface area contributed by atoms with Gasteiger partial charge < -0.3 is 10.0 Å². The van der Waals surface area contributed by atoms with E-state index in [0.717, 1.165) is 4.88 Å². The first kappa shape index (κ1) is 13.9. The van der Waals surface area contributed by atoms with Crippen LogP contribution in [-0.2, 0) is 6.54 Å². The molecule has 100 valence electrons. The van der Waals surface area contributed by atoms with Crippen LogP contribution in [0.1, 0.15) is 20.8 Å². The zero-order valence-electron chi connectivity index (χ0n) is 10.7. The number of carbonyl (C=O) groups is 1. The lowest BCUT2D eigenvalue weighted by Crippen LogP contribution is -2.25. The molecule has 1 amide bonds. The average molecular weight is 296 g/mol. The van der Waals surface area contributed by atoms with Crippen LogP contribution in [0, 0.1) is 6.92 Å². The molecule has 1 N–H and O–H groups in total. The first-order chi connectivity index (χ1) is 8.99. The van der Waals surface area contributed by atoms with Gasteiger partial charge in [-0.3, -0.25) is 4.79 Å². The minimum Gasteiger partial charge on any atom is -0.507 e. The Hall–Kier alpha value is -1.52. The summed E-state index contributed by atoms with van der Waals surface area (Å²) in [6.07, 6.45) is 0. The SMILES string of the molecule is Cc1cccc(C(=O)N(C)Cc2ccc(Cl)s2)c1O. The highest BCUT2D eigenvalue weighted by Crippen LogP contribution is 2.25. The van der Waals surface area contributed by atoms with Crippen molar-refractivity contribution in [3.05, 3.63) is 50.7 Å². The van der Waals surface area contributed by atoms with Gasteiger partial charge >= 0.3 is 0 Å². The molecule has 0 saturated heterocycles. The number of phenolic OH excluding ortho intramolecular Hbond substituents is 1. The molecule has 5 heteroatoms. The normalized spacial score (nSPS) is 10.5. The number of thiophene rings is 1. The van der Waals surface area contributed by atoms with Crippen LogP contribution < -0.4 is 0 Å². The van der Waals surface area contributed by atoms with Crippen LogP contribution in [0.4, 0.5) is 0 Å². The molecule has 19 heavy (non-hydrogen) atoms. The number of para-hydroxylation sites is 1. The third kappa shape index (κ3) is 3.08. The molecule has 0 aliphatic heterocycles. The van der Waals surface area contributed by atoms with E-state index in [1.165, 1.54) is 11.3 Å². The summed E-state index contributed by atoms with van der Waals surface area (Å²) in [7, 11) is 1.71. The van der Waals surface area contributed by atoms with Crippen LogP contribution in [0.2, 0.25) is 4.34 Å². The van der Waals surface area contributed by atoms with Gasteiger partial charge in [0.2, 0.25) is 0 Å². The lowest BCUT2D eigenvalue weighted by Gasteiger charge is -2.17. The molecular weight excluding hydrogens is 282 g/mol. The van der Waals surface area contributed by atoms with Gasteiger partial charge in [0.1, 0.15) is 5.75 Å². The smallest absolute Gasteiger partial charge is 0.257 e. The second kappa shape index (κ2) is 5.63. The molecule has 1 aromatic carbocycles. The Balaban J connectivity index is 2.17. The molecule has 0 saturated carbocycles. The van der Waals surface area contributed by atoms with E-state index in [1.807, 2.05) is 12.1 Å². The number of nitrogens with zero attached hydrogens (tertiary/aromatic N) is 1. The highest BCUT2D eigenvalue weighted by molar-refractivity contribution is 7.16. The zero-order valence-corrected chi connectivity index (χ0v) is 12.3. The van der Waals surface area contributed by atoms with Crippen molar-refractivity contribution in [1.82, 2.24) is 4.90 Å². The zero-order chi connectivity index (χ0) is 14.0. The van der Waals surface area contributed by atoms with E-state index < -0.39 is 0 Å². The van der Waals surface area contributed by atoms with E-state index in [4.69, 9.17) is 11.6 Å². The van der Waals surface area contributed by atoms with E-state index in [1.54, 1.807) is 37.1 Å². The fourth-order valence-electron chi connectivity index (χ4n) is 1.78. The number of hydrogen-bond acceptors (Lipinski definition) is 3. The number of carbonyl (C=O) groups excluding carboxylic acids is 1. The quantitative estimate of drug-likeness (QED) is 0.938. The first-order valence-electron chi connectivity index (χ1n) is 5.77. The van der Waals surface area contributed by atoms with Crippen LogP contribution in [-0.4, -0.2) is 23.0 Å². The van der Waals surface area contributed by atoms with Crippen molar-refractivity contribution >= 4 is 28.8 Å². The van der Waals surface area contributed by atoms with Crippen LogP contribution in [0.25, 0.3) is 0 Å². The Morgan fingerprint density at radius 2 is 2.11 bits per heavy atom. The predicted molar refractivity (Wildman–Crippen MR) is 78.0 cm³/mol. The van der Waals surface area contributed by atoms with Gasteiger partial charge in [-0.2, -0.15) is 0 Å². The molecule has 0 aliphatic carbocycles. The topological polar surface area (TPSA) is 40.5 Å². The summed E-state index contributed by atoms with van der Waals surface area (Å²) < 4.78 is 0.703. The summed E-state index contributed by atoms with van der Waals surface area (Å²) in [5, 5.41) is 9.92. The summed E-state index contributed by atoms with van der Waals surface area (Å²) in [5.74, 6) is -0.158. The second-order valence-corrected chi connectivity index (χ2v) is 6.14. The van der Waals surface area contributed by atoms with Crippen molar-refractivity contribution in [1.29, 1.82) is 0 Å². The third-order valence-electron chi connectivity index (χ3n) is 2.84. The minimum absolute atomic E-state index is 0.0450. The molecule has 0 aliphatic rings. The molecule has 1 heterocycles. The number of aryl methyl sites for hydroxylation is 1. The van der Waals surface area contributed by atoms with E-state index >= 15 is 0 Å². The summed E-state index contributed by atoms with van der Waals surface area (Å²) in [5.41, 5.74) is 1.02. The number of hydrogen-bond donors (Lipinski definition) is 1. The molecule has 0 unspecified atom stereocenters. The van der Waals surface area contributed by atoms with E-state index in [9.17, 15) is 9.90 Å². The minimum atomic E-state index is -0.203. The maximum absolute atomic E-state index is 12.3. The number of rotatable bonds is 3. The van der Waals surface area contributed by atoms with Gasteiger partial charge in [0.05, 0.1) is 16.4 Å². The van der Waals surface area contributed by atoms with Crippen molar-refractivity contribution in [3.8, 4) is 5.75 Å². The van der Waals surface area contributed by atoms with E-state index in [0.29, 0.717) is 22.0 Å². The summed E-state index contributed by atoms with van der Waals surface area (Å²) in [4.78, 5) is 14.8. The van der Waals surface area contributed by atoms with Crippen molar-refractivity contribution < 1.29 is 9.90 Å². The molecule has 0 atom stereocenters. The molecule has 2 rings (SSSR count). The average Bonchev–Trinajstić information content (AvgIpc) is 2.77. The molecule has 1 aromatic heterocycles. The van der Waals surface area contributed by atoms with Crippen molar-refractivity contribution in [2.75, 3.05) is 7.05 Å². The highest BCUT2D eigenvalue weighted by atomic mass is 35.5. The number of amides is 1. The maximum Gasteiger partial charge on any atom is 0.257 e. The molecule has 0 fully saturated rings. The standard InChI is InChI=1S/C14H14ClNO2S/c1-9-4-3-5-11(13(9)17)14(18)16(2)8-10-6-7-12(15)19-10/h3-7,17H,8H2,1-2H3. The Labute approximate surface area is 121 Å². The number of halogens is 1. The molecule has 0 bridgehead atoms. The Morgan fingerprint density at radius 1 is 1.37 bits per heavy atom. The maximum atomic E-state index is 12.3. The monoisotopic (exact) mass is 295 g/mol. The van der Waals surface area contributed by atoms with Gasteiger partial charge in [-0.1, -0.05) is 23.7 Å². The number of aromatic hydroxyl groups is 1. The summed E-state index contributed by atoms with van der Waals surface area (Å²) >= 11 is 7.31. The highest BCUT2D eigenvalue weighted by Gasteiger charge is 2.17. The molecule has 3 nitrogen and oxygen atoms in total. The Bertz CT molecular complexity index is 609. The summed E-state index contributed by atoms with van der Waals surface area (Å²) in [6, 6.07) is 8.86. The van der Waals surface area contributed by atoms with Crippen LogP contribution in [0.3, 0.4) is 0 Å². The van der Waals surface area contributed by atoms with Gasteiger partial charge in [-0.15, -0.1) is 11.3 Å². The Morgan fingerprint density at radius 3 is 2.74 bits per heavy atom. The van der Waals surface area contributed by atoms with Gasteiger partial charge in [0.15, 0.2) is 0 Å². The lowest BCUT2D eigenvalue weighted by atomic mass is 10.1. The van der Waals surface area contributed by atoms with E-state index in [-0.39, 0.29) is 11.7 Å². The van der Waals surface area contributed by atoms with Crippen molar-refractivity contribution in [2.45, 2.75) is 13.5 Å². The van der Waals surface area contributed by atoms with Crippen molar-refractivity contribution in [2.24, 2.45) is 0 Å². The molecule has 0 spiro atoms. The van der Waals surface area contributed by atoms with E-state index in [2.05, 4.69) is 0 Å². The van der Waals surface area contributed by atoms with Gasteiger partial charge in [-0.25, -0.2) is 0 Å². The largest absolute Gasteiger partial charge is 0.507 e. The van der Waals surface area contributed by atoms with Crippen LogP contribution in [0.15, 0.2) is 30.3 Å².